The molecule has 0 unspecified atom stereocenters. The van der Waals surface area contributed by atoms with Crippen LogP contribution in [0.15, 0.2) is 23.1 Å². The van der Waals surface area contributed by atoms with Gasteiger partial charge in [0.25, 0.3) is 0 Å². The summed E-state index contributed by atoms with van der Waals surface area (Å²) in [6, 6.07) is 0.293. The van der Waals surface area contributed by atoms with E-state index in [9.17, 15) is 24.2 Å². The van der Waals surface area contributed by atoms with E-state index in [2.05, 4.69) is 0 Å². The number of rotatable bonds is 2. The maximum atomic E-state index is 12.3. The van der Waals surface area contributed by atoms with E-state index in [1.165, 1.54) is 0 Å². The molecule has 1 aromatic rings. The normalized spacial score (nSPS) is 16.4. The lowest BCUT2D eigenvalue weighted by Gasteiger charge is -2.40. The van der Waals surface area contributed by atoms with Gasteiger partial charge in [0.05, 0.1) is 10.6 Å². The fourth-order valence-electron chi connectivity index (χ4n) is 0.909. The lowest BCUT2D eigenvalue weighted by atomic mass is 10.2. The van der Waals surface area contributed by atoms with Crippen molar-refractivity contribution in [3.8, 4) is 0 Å². The van der Waals surface area contributed by atoms with Gasteiger partial charge in [0.2, 0.25) is 0 Å². The Balaban J connectivity index is 3.45. The lowest BCUT2D eigenvalue weighted by Crippen LogP contribution is -2.07. The highest BCUT2D eigenvalue weighted by Crippen LogP contribution is 3.02. The van der Waals surface area contributed by atoms with Crippen LogP contribution in [0.25, 0.3) is 0 Å². The Bertz CT molecular complexity index is 469. The maximum absolute atomic E-state index is 12.3. The monoisotopic (exact) mass is 282 g/mol. The highest BCUT2D eigenvalue weighted by atomic mass is 35.5. The second-order valence-electron chi connectivity index (χ2n) is 2.92. The molecule has 0 saturated heterocycles. The maximum Gasteiger partial charge on any atom is 0.337 e. The highest BCUT2D eigenvalue weighted by molar-refractivity contribution is 8.45. The molecule has 2 nitrogen and oxygen atoms in total. The van der Waals surface area contributed by atoms with E-state index in [0.29, 0.717) is 6.07 Å². The van der Waals surface area contributed by atoms with Gasteiger partial charge in [-0.3, -0.25) is 0 Å². The van der Waals surface area contributed by atoms with Crippen LogP contribution in [0, 0.1) is 0 Å². The molecule has 0 aliphatic heterocycles. The van der Waals surface area contributed by atoms with E-state index < -0.39 is 31.7 Å². The minimum atomic E-state index is -9.80. The van der Waals surface area contributed by atoms with Crippen molar-refractivity contribution in [2.24, 2.45) is 0 Å². The molecule has 0 bridgehead atoms. The molecule has 92 valence electrons. The average molecular weight is 283 g/mol. The van der Waals surface area contributed by atoms with Crippen molar-refractivity contribution in [3.05, 3.63) is 28.8 Å². The van der Waals surface area contributed by atoms with Crippen LogP contribution in [-0.2, 0) is 0 Å². The van der Waals surface area contributed by atoms with Crippen molar-refractivity contribution < 1.29 is 29.3 Å². The summed E-state index contributed by atoms with van der Waals surface area (Å²) in [6.45, 7) is 0. The van der Waals surface area contributed by atoms with Crippen LogP contribution in [0.4, 0.5) is 19.4 Å². The van der Waals surface area contributed by atoms with E-state index in [4.69, 9.17) is 16.7 Å². The SMILES string of the molecule is O=C(O)c1ccc(S(F)(F)(F)(F)F)cc1Cl. The van der Waals surface area contributed by atoms with Gasteiger partial charge in [-0.15, -0.1) is 0 Å². The molecule has 16 heavy (non-hydrogen) atoms. The van der Waals surface area contributed by atoms with Crippen LogP contribution >= 0.6 is 21.8 Å². The summed E-state index contributed by atoms with van der Waals surface area (Å²) < 4.78 is 61.3. The topological polar surface area (TPSA) is 37.3 Å². The van der Waals surface area contributed by atoms with Gasteiger partial charge in [0.15, 0.2) is 0 Å². The minimum Gasteiger partial charge on any atom is -0.478 e. The Morgan fingerprint density at radius 2 is 1.69 bits per heavy atom. The Hall–Kier alpha value is -1.02. The van der Waals surface area contributed by atoms with Crippen molar-refractivity contribution >= 4 is 27.8 Å². The molecule has 0 spiro atoms. The zero-order valence-corrected chi connectivity index (χ0v) is 8.84. The molecule has 0 atom stereocenters. The van der Waals surface area contributed by atoms with Crippen molar-refractivity contribution in [3.63, 3.8) is 0 Å². The molecular weight excluding hydrogens is 279 g/mol. The summed E-state index contributed by atoms with van der Waals surface area (Å²) in [7, 11) is -9.80. The second-order valence-corrected chi connectivity index (χ2v) is 5.73. The first kappa shape index (κ1) is 13.0. The third-order valence-corrected chi connectivity index (χ3v) is 3.07. The Morgan fingerprint density at radius 1 is 1.19 bits per heavy atom. The van der Waals surface area contributed by atoms with E-state index in [0.717, 1.165) is 0 Å². The number of aromatic carboxylic acids is 1. The van der Waals surface area contributed by atoms with Crippen LogP contribution in [0.1, 0.15) is 10.4 Å². The molecule has 0 fully saturated rings. The third kappa shape index (κ3) is 2.76. The lowest BCUT2D eigenvalue weighted by molar-refractivity contribution is 0.0696. The first-order valence-electron chi connectivity index (χ1n) is 3.58. The molecule has 0 saturated carbocycles. The number of hydrogen-bond acceptors (Lipinski definition) is 1. The summed E-state index contributed by atoms with van der Waals surface area (Å²) >= 11 is 5.16. The van der Waals surface area contributed by atoms with Crippen molar-refractivity contribution in [1.29, 1.82) is 0 Å². The molecular formula is C7H4ClF5O2S. The highest BCUT2D eigenvalue weighted by Gasteiger charge is 2.65. The van der Waals surface area contributed by atoms with Crippen LogP contribution in [0.2, 0.25) is 5.02 Å². The zero-order chi connectivity index (χ0) is 12.8. The van der Waals surface area contributed by atoms with E-state index in [1.54, 1.807) is 0 Å². The van der Waals surface area contributed by atoms with Crippen molar-refractivity contribution in [1.82, 2.24) is 0 Å². The predicted octanol–water partition coefficient (Wildman–Crippen LogP) is 4.70. The van der Waals surface area contributed by atoms with Gasteiger partial charge >= 0.3 is 16.2 Å². The average Bonchev–Trinajstić information content (AvgIpc) is 1.98. The molecule has 0 amide bonds. The van der Waals surface area contributed by atoms with Gasteiger partial charge < -0.3 is 5.11 Å². The Labute approximate surface area is 91.4 Å². The Kier molecular flexibility index (Phi) is 2.29. The van der Waals surface area contributed by atoms with Crippen LogP contribution in [0.3, 0.4) is 0 Å². The second kappa shape index (κ2) is 2.80. The molecule has 0 heterocycles. The van der Waals surface area contributed by atoms with Crippen molar-refractivity contribution in [2.45, 2.75) is 4.90 Å². The van der Waals surface area contributed by atoms with Gasteiger partial charge in [-0.2, -0.15) is 0 Å². The van der Waals surface area contributed by atoms with E-state index in [-0.39, 0.29) is 12.1 Å². The number of halogens is 6. The quantitative estimate of drug-likeness (QED) is 0.799. The summed E-state index contributed by atoms with van der Waals surface area (Å²) in [4.78, 5) is 8.19. The summed E-state index contributed by atoms with van der Waals surface area (Å²) in [6.07, 6.45) is 0. The van der Waals surface area contributed by atoms with Crippen LogP contribution < -0.4 is 0 Å². The predicted molar refractivity (Wildman–Crippen MR) is 49.8 cm³/mol. The van der Waals surface area contributed by atoms with Gasteiger partial charge in [0.1, 0.15) is 4.90 Å². The van der Waals surface area contributed by atoms with Crippen molar-refractivity contribution in [2.75, 3.05) is 0 Å². The molecule has 0 aromatic heterocycles. The van der Waals surface area contributed by atoms with E-state index >= 15 is 0 Å². The number of hydrogen-bond donors (Lipinski definition) is 1. The largest absolute Gasteiger partial charge is 0.478 e. The minimum absolute atomic E-state index is 0.00309. The summed E-state index contributed by atoms with van der Waals surface area (Å²) in [5, 5.41) is 7.55. The van der Waals surface area contributed by atoms with Gasteiger partial charge in [-0.25, -0.2) is 4.79 Å². The molecule has 0 aliphatic rings. The first-order valence-corrected chi connectivity index (χ1v) is 5.91. The standard InChI is InChI=1S/C7H4ClF5O2S/c8-6-3-4(16(9,10,11,12)13)1-2-5(6)7(14)15/h1-3H,(H,14,15). The first-order chi connectivity index (χ1) is 6.81. The van der Waals surface area contributed by atoms with Gasteiger partial charge in [-0.1, -0.05) is 31.0 Å². The summed E-state index contributed by atoms with van der Waals surface area (Å²) in [5.74, 6) is -1.60. The molecule has 1 rings (SSSR count). The Morgan fingerprint density at radius 3 is 2.00 bits per heavy atom. The van der Waals surface area contributed by atoms with Gasteiger partial charge in [0, 0.05) is 0 Å². The number of benzene rings is 1. The number of carboxylic acids is 1. The van der Waals surface area contributed by atoms with E-state index in [1.807, 2.05) is 0 Å². The molecule has 0 radical (unpaired) electrons. The fraction of sp³-hybridized carbons (Fsp3) is 0. The smallest absolute Gasteiger partial charge is 0.337 e. The molecule has 0 aliphatic carbocycles. The fourth-order valence-corrected chi connectivity index (χ4v) is 1.90. The van der Waals surface area contributed by atoms with Crippen LogP contribution in [-0.4, -0.2) is 11.1 Å². The molecule has 1 N–H and O–H groups in total. The number of carbonyl (C=O) groups is 1. The zero-order valence-electron chi connectivity index (χ0n) is 7.26. The third-order valence-electron chi connectivity index (χ3n) is 1.62. The van der Waals surface area contributed by atoms with Gasteiger partial charge in [-0.05, 0) is 18.2 Å². The molecule has 1 aromatic carbocycles. The summed E-state index contributed by atoms with van der Waals surface area (Å²) in [5.41, 5.74) is -0.674. The molecule has 9 heteroatoms. The van der Waals surface area contributed by atoms with Crippen LogP contribution in [0.5, 0.6) is 0 Å². The number of carboxylic acid groups (broad SMARTS) is 1.